The van der Waals surface area contributed by atoms with Gasteiger partial charge in [-0.15, -0.1) is 0 Å². The summed E-state index contributed by atoms with van der Waals surface area (Å²) in [5.41, 5.74) is 4.81. The normalized spacial score (nSPS) is 18.5. The van der Waals surface area contributed by atoms with Crippen molar-refractivity contribution in [3.8, 4) is 17.2 Å². The van der Waals surface area contributed by atoms with Gasteiger partial charge in [-0.25, -0.2) is 27.9 Å². The average molecular weight is 600 g/mol. The van der Waals surface area contributed by atoms with Crippen molar-refractivity contribution >= 4 is 32.8 Å². The number of nitrogens with one attached hydrogen (secondary N) is 1. The van der Waals surface area contributed by atoms with Gasteiger partial charge in [0.25, 0.3) is 5.91 Å². The molecule has 1 amide bonds. The zero-order chi connectivity index (χ0) is 30.3. The Balaban J connectivity index is 1.80. The van der Waals surface area contributed by atoms with Gasteiger partial charge in [0.15, 0.2) is 11.5 Å². The molecule has 3 atom stereocenters. The van der Waals surface area contributed by atoms with Gasteiger partial charge in [-0.05, 0) is 44.5 Å². The summed E-state index contributed by atoms with van der Waals surface area (Å²) in [6.07, 6.45) is -3.78. The lowest BCUT2D eigenvalue weighted by atomic mass is 10.1. The Morgan fingerprint density at radius 2 is 1.95 bits per heavy atom. The number of nitrogens with zero attached hydrogens (tertiary/aromatic N) is 3. The molecule has 12 nitrogen and oxygen atoms in total. The van der Waals surface area contributed by atoms with E-state index in [0.29, 0.717) is 0 Å². The number of pyridine rings is 1. The van der Waals surface area contributed by atoms with E-state index in [1.165, 1.54) is 32.2 Å². The van der Waals surface area contributed by atoms with E-state index >= 15 is 0 Å². The highest BCUT2D eigenvalue weighted by Gasteiger charge is 2.43. The van der Waals surface area contributed by atoms with E-state index in [9.17, 15) is 31.2 Å². The van der Waals surface area contributed by atoms with Crippen molar-refractivity contribution in [3.63, 3.8) is 0 Å². The number of oxazole rings is 1. The molecule has 3 aromatic rings. The van der Waals surface area contributed by atoms with Crippen molar-refractivity contribution in [2.75, 3.05) is 26.5 Å². The van der Waals surface area contributed by atoms with Crippen LogP contribution in [-0.2, 0) is 25.7 Å². The molecule has 41 heavy (non-hydrogen) atoms. The van der Waals surface area contributed by atoms with Crippen LogP contribution in [0, 0.1) is 0 Å². The SMILES string of the molecule is CCOC(=O)[C@@H]1C[C@H](NS(C)(=O)=O)CN1C(=O)c1nc(-c2ccc(OC)c3nc(C(F)(F)F)ccc23)oc1[C@H](C)N. The standard InChI is InChI=1S/C25H28F3N5O7S/c1-5-39-24(35)16-10-13(32-41(4,36)37)11-33(16)23(34)20-21(12(2)29)40-22(31-20)15-6-8-17(38-3)19-14(15)7-9-18(30-19)25(26,27)28/h6-9,12-13,16,32H,5,10-11,29H2,1-4H3/t12-,13-,16-/m0/s1. The number of aromatic nitrogens is 2. The second-order valence-electron chi connectivity index (χ2n) is 9.47. The highest BCUT2D eigenvalue weighted by Crippen LogP contribution is 2.38. The Kier molecular flexibility index (Phi) is 8.29. The molecule has 2 aromatic heterocycles. The van der Waals surface area contributed by atoms with Crippen molar-refractivity contribution in [3.05, 3.63) is 41.4 Å². The molecule has 16 heteroatoms. The van der Waals surface area contributed by atoms with Crippen LogP contribution < -0.4 is 15.2 Å². The molecular weight excluding hydrogens is 571 g/mol. The van der Waals surface area contributed by atoms with Crippen LogP contribution in [0.1, 0.15) is 48.3 Å². The van der Waals surface area contributed by atoms with E-state index in [1.54, 1.807) is 6.92 Å². The smallest absolute Gasteiger partial charge is 0.433 e. The number of carbonyl (C=O) groups is 2. The van der Waals surface area contributed by atoms with Crippen LogP contribution in [0.5, 0.6) is 5.75 Å². The maximum atomic E-state index is 13.8. The Morgan fingerprint density at radius 1 is 1.24 bits per heavy atom. The Hall–Kier alpha value is -3.76. The van der Waals surface area contributed by atoms with E-state index in [0.717, 1.165) is 17.2 Å². The molecule has 0 bridgehead atoms. The molecule has 1 aliphatic rings. The molecule has 3 heterocycles. The van der Waals surface area contributed by atoms with Gasteiger partial charge in [-0.1, -0.05) is 0 Å². The molecule has 1 aromatic carbocycles. The molecule has 1 saturated heterocycles. The van der Waals surface area contributed by atoms with Crippen LogP contribution in [0.3, 0.4) is 0 Å². The number of halogens is 3. The number of nitrogens with two attached hydrogens (primary N) is 1. The summed E-state index contributed by atoms with van der Waals surface area (Å²) in [7, 11) is -2.37. The highest BCUT2D eigenvalue weighted by molar-refractivity contribution is 7.88. The number of methoxy groups -OCH3 is 1. The largest absolute Gasteiger partial charge is 0.494 e. The highest BCUT2D eigenvalue weighted by atomic mass is 32.2. The summed E-state index contributed by atoms with van der Waals surface area (Å²) in [5.74, 6) is -1.59. The number of hydrogen-bond acceptors (Lipinski definition) is 10. The third-order valence-corrected chi connectivity index (χ3v) is 7.09. The molecule has 0 radical (unpaired) electrons. The predicted molar refractivity (Wildman–Crippen MR) is 139 cm³/mol. The van der Waals surface area contributed by atoms with E-state index in [4.69, 9.17) is 19.6 Å². The van der Waals surface area contributed by atoms with Gasteiger partial charge in [0.2, 0.25) is 15.9 Å². The summed E-state index contributed by atoms with van der Waals surface area (Å²) in [4.78, 5) is 35.7. The third kappa shape index (κ3) is 6.28. The first-order valence-corrected chi connectivity index (χ1v) is 14.3. The number of hydrogen-bond donors (Lipinski definition) is 2. The van der Waals surface area contributed by atoms with E-state index in [2.05, 4.69) is 14.7 Å². The second-order valence-corrected chi connectivity index (χ2v) is 11.3. The molecule has 0 aliphatic carbocycles. The number of ether oxygens (including phenoxy) is 2. The number of rotatable bonds is 8. The fraction of sp³-hybridized carbons (Fsp3) is 0.440. The predicted octanol–water partition coefficient (Wildman–Crippen LogP) is 2.63. The minimum absolute atomic E-state index is 0.0355. The molecule has 1 fully saturated rings. The lowest BCUT2D eigenvalue weighted by Gasteiger charge is -2.22. The monoisotopic (exact) mass is 599 g/mol. The van der Waals surface area contributed by atoms with Crippen molar-refractivity contribution < 1.29 is 45.1 Å². The van der Waals surface area contributed by atoms with Crippen LogP contribution in [0.15, 0.2) is 28.7 Å². The number of likely N-dealkylation sites (tertiary alicyclic amines) is 1. The fourth-order valence-corrected chi connectivity index (χ4v) is 5.43. The lowest BCUT2D eigenvalue weighted by molar-refractivity contribution is -0.147. The Bertz CT molecular complexity index is 1590. The number of fused-ring (bicyclic) bond motifs is 1. The number of alkyl halides is 3. The molecular formula is C25H28F3N5O7S. The summed E-state index contributed by atoms with van der Waals surface area (Å²) < 4.78 is 82.3. The molecule has 222 valence electrons. The van der Waals surface area contributed by atoms with Crippen LogP contribution >= 0.6 is 0 Å². The van der Waals surface area contributed by atoms with Gasteiger partial charge in [0.1, 0.15) is 23.0 Å². The Labute approximate surface area is 233 Å². The first kappa shape index (κ1) is 30.2. The molecule has 4 rings (SSSR count). The summed E-state index contributed by atoms with van der Waals surface area (Å²) in [6.45, 7) is 3.00. The van der Waals surface area contributed by atoms with E-state index < -0.39 is 51.9 Å². The van der Waals surface area contributed by atoms with Crippen molar-refractivity contribution in [2.45, 2.75) is 44.6 Å². The van der Waals surface area contributed by atoms with Crippen LogP contribution in [0.4, 0.5) is 13.2 Å². The van der Waals surface area contributed by atoms with Gasteiger partial charge >= 0.3 is 12.1 Å². The van der Waals surface area contributed by atoms with Crippen molar-refractivity contribution in [1.82, 2.24) is 19.6 Å². The fourth-order valence-electron chi connectivity index (χ4n) is 4.66. The first-order valence-electron chi connectivity index (χ1n) is 12.4. The quantitative estimate of drug-likeness (QED) is 0.368. The summed E-state index contributed by atoms with van der Waals surface area (Å²) >= 11 is 0. The van der Waals surface area contributed by atoms with E-state index in [-0.39, 0.29) is 59.1 Å². The lowest BCUT2D eigenvalue weighted by Crippen LogP contribution is -2.42. The first-order chi connectivity index (χ1) is 19.1. The second kappa shape index (κ2) is 11.3. The maximum absolute atomic E-state index is 13.8. The van der Waals surface area contributed by atoms with Gasteiger partial charge in [0.05, 0.1) is 26.0 Å². The van der Waals surface area contributed by atoms with Gasteiger partial charge < -0.3 is 24.5 Å². The van der Waals surface area contributed by atoms with Gasteiger partial charge in [-0.3, -0.25) is 4.79 Å². The average Bonchev–Trinajstić information content (AvgIpc) is 3.51. The molecule has 1 aliphatic heterocycles. The third-order valence-electron chi connectivity index (χ3n) is 6.33. The molecule has 0 saturated carbocycles. The summed E-state index contributed by atoms with van der Waals surface area (Å²) in [6, 6.07) is 2.13. The number of benzene rings is 1. The van der Waals surface area contributed by atoms with Gasteiger partial charge in [-0.2, -0.15) is 13.2 Å². The maximum Gasteiger partial charge on any atom is 0.433 e. The number of amides is 1. The Morgan fingerprint density at radius 3 is 2.54 bits per heavy atom. The molecule has 0 unspecified atom stereocenters. The van der Waals surface area contributed by atoms with E-state index in [1.807, 2.05) is 0 Å². The van der Waals surface area contributed by atoms with Crippen LogP contribution in [0.2, 0.25) is 0 Å². The minimum atomic E-state index is -4.70. The number of sulfonamides is 1. The molecule has 0 spiro atoms. The zero-order valence-electron chi connectivity index (χ0n) is 22.5. The molecule has 3 N–H and O–H groups in total. The minimum Gasteiger partial charge on any atom is -0.494 e. The summed E-state index contributed by atoms with van der Waals surface area (Å²) in [5, 5.41) is 0.205. The number of carbonyl (C=O) groups excluding carboxylic acids is 2. The van der Waals surface area contributed by atoms with Crippen LogP contribution in [-0.4, -0.2) is 73.8 Å². The van der Waals surface area contributed by atoms with Gasteiger partial charge in [0, 0.05) is 23.5 Å². The van der Waals surface area contributed by atoms with Crippen molar-refractivity contribution in [1.29, 1.82) is 0 Å². The van der Waals surface area contributed by atoms with Crippen LogP contribution in [0.25, 0.3) is 22.4 Å². The van der Waals surface area contributed by atoms with Crippen molar-refractivity contribution in [2.24, 2.45) is 5.73 Å². The topological polar surface area (TPSA) is 167 Å². The number of esters is 1. The zero-order valence-corrected chi connectivity index (χ0v) is 23.3.